The van der Waals surface area contributed by atoms with Crippen molar-refractivity contribution in [2.24, 2.45) is 0 Å². The van der Waals surface area contributed by atoms with Crippen molar-refractivity contribution in [3.05, 3.63) is 72.6 Å². The Balaban J connectivity index is 2.00. The minimum Gasteiger partial charge on any atom is -0.294 e. The van der Waals surface area contributed by atoms with Crippen LogP contribution in [0, 0.1) is 0 Å². The van der Waals surface area contributed by atoms with Crippen molar-refractivity contribution in [2.75, 3.05) is 0 Å². The zero-order valence-electron chi connectivity index (χ0n) is 12.5. The molecule has 0 atom stereocenters. The number of nitrogens with zero attached hydrogens (tertiary/aromatic N) is 2. The van der Waals surface area contributed by atoms with E-state index >= 15 is 0 Å². The van der Waals surface area contributed by atoms with Crippen molar-refractivity contribution in [1.29, 1.82) is 0 Å². The van der Waals surface area contributed by atoms with E-state index in [4.69, 9.17) is 0 Å². The van der Waals surface area contributed by atoms with Crippen molar-refractivity contribution < 1.29 is 14.4 Å². The van der Waals surface area contributed by atoms with Crippen LogP contribution in [-0.2, 0) is 9.59 Å². The molecule has 0 aliphatic rings. The number of benzene rings is 2. The van der Waals surface area contributed by atoms with E-state index in [1.54, 1.807) is 0 Å². The lowest BCUT2D eigenvalue weighted by atomic mass is 10.0. The van der Waals surface area contributed by atoms with Crippen LogP contribution in [0.2, 0.25) is 0 Å². The van der Waals surface area contributed by atoms with E-state index in [1.807, 2.05) is 54.6 Å². The number of rotatable bonds is 5. The maximum atomic E-state index is 11.8. The highest BCUT2D eigenvalue weighted by Crippen LogP contribution is 2.24. The van der Waals surface area contributed by atoms with E-state index in [0.29, 0.717) is 11.4 Å². The van der Waals surface area contributed by atoms with Crippen LogP contribution in [0.15, 0.2) is 66.9 Å². The molecule has 116 valence electrons. The van der Waals surface area contributed by atoms with Gasteiger partial charge in [0.1, 0.15) is 5.69 Å². The van der Waals surface area contributed by atoms with Gasteiger partial charge in [0.05, 0.1) is 0 Å². The van der Waals surface area contributed by atoms with E-state index in [9.17, 15) is 14.4 Å². The maximum absolute atomic E-state index is 11.8. The van der Waals surface area contributed by atoms with Crippen LogP contribution in [0.25, 0.3) is 22.5 Å². The molecule has 0 radical (unpaired) electrons. The summed E-state index contributed by atoms with van der Waals surface area (Å²) in [7, 11) is 0. The fourth-order valence-corrected chi connectivity index (χ4v) is 2.27. The van der Waals surface area contributed by atoms with Gasteiger partial charge in [-0.25, -0.2) is 9.97 Å². The first kappa shape index (κ1) is 15.4. The first-order chi connectivity index (χ1) is 11.7. The molecule has 5 heteroatoms. The van der Waals surface area contributed by atoms with Crippen LogP contribution < -0.4 is 0 Å². The lowest BCUT2D eigenvalue weighted by molar-refractivity contribution is -0.126. The average Bonchev–Trinajstić information content (AvgIpc) is 2.67. The van der Waals surface area contributed by atoms with Gasteiger partial charge >= 0.3 is 0 Å². The SMILES string of the molecule is O=CC(=O)C(=O)c1ccnc(-c2cccc(-c3ccccc3)c2)n1. The van der Waals surface area contributed by atoms with Crippen molar-refractivity contribution in [3.63, 3.8) is 0 Å². The van der Waals surface area contributed by atoms with Crippen molar-refractivity contribution in [2.45, 2.75) is 0 Å². The predicted octanol–water partition coefficient (Wildman–Crippen LogP) is 2.76. The minimum atomic E-state index is -1.13. The van der Waals surface area contributed by atoms with Gasteiger partial charge in [0, 0.05) is 11.8 Å². The van der Waals surface area contributed by atoms with Gasteiger partial charge < -0.3 is 0 Å². The molecule has 0 saturated carbocycles. The summed E-state index contributed by atoms with van der Waals surface area (Å²) in [5.74, 6) is -1.75. The summed E-state index contributed by atoms with van der Waals surface area (Å²) in [6.07, 6.45) is 1.38. The van der Waals surface area contributed by atoms with Gasteiger partial charge in [-0.3, -0.25) is 14.4 Å². The Morgan fingerprint density at radius 3 is 2.29 bits per heavy atom. The Bertz CT molecular complexity index is 921. The highest BCUT2D eigenvalue weighted by Gasteiger charge is 2.17. The smallest absolute Gasteiger partial charge is 0.267 e. The molecule has 3 rings (SSSR count). The summed E-state index contributed by atoms with van der Waals surface area (Å²) in [5, 5.41) is 0. The second-order valence-electron chi connectivity index (χ2n) is 5.02. The van der Waals surface area contributed by atoms with E-state index in [2.05, 4.69) is 9.97 Å². The monoisotopic (exact) mass is 316 g/mol. The highest BCUT2D eigenvalue weighted by molar-refractivity contribution is 6.61. The molecule has 3 aromatic rings. The molecule has 0 bridgehead atoms. The molecule has 0 unspecified atom stereocenters. The Morgan fingerprint density at radius 2 is 1.54 bits per heavy atom. The molecule has 5 nitrogen and oxygen atoms in total. The van der Waals surface area contributed by atoms with Gasteiger partial charge in [-0.1, -0.05) is 48.5 Å². The molecule has 1 heterocycles. The Morgan fingerprint density at radius 1 is 0.833 bits per heavy atom. The lowest BCUT2D eigenvalue weighted by Gasteiger charge is -2.05. The molecule has 1 aromatic heterocycles. The molecule has 0 amide bonds. The summed E-state index contributed by atoms with van der Waals surface area (Å²) in [6.45, 7) is 0. The first-order valence-corrected chi connectivity index (χ1v) is 7.22. The number of hydrogen-bond donors (Lipinski definition) is 0. The third-order valence-corrected chi connectivity index (χ3v) is 3.45. The van der Waals surface area contributed by atoms with Crippen LogP contribution in [0.4, 0.5) is 0 Å². The van der Waals surface area contributed by atoms with Crippen LogP contribution in [0.5, 0.6) is 0 Å². The lowest BCUT2D eigenvalue weighted by Crippen LogP contribution is -2.16. The van der Waals surface area contributed by atoms with E-state index in [1.165, 1.54) is 12.3 Å². The second-order valence-corrected chi connectivity index (χ2v) is 5.02. The fraction of sp³-hybridized carbons (Fsp3) is 0. The number of hydrogen-bond acceptors (Lipinski definition) is 5. The topological polar surface area (TPSA) is 77.0 Å². The zero-order chi connectivity index (χ0) is 16.9. The van der Waals surface area contributed by atoms with E-state index in [-0.39, 0.29) is 12.0 Å². The van der Waals surface area contributed by atoms with E-state index < -0.39 is 11.6 Å². The number of ketones is 2. The van der Waals surface area contributed by atoms with Crippen molar-refractivity contribution in [1.82, 2.24) is 9.97 Å². The highest BCUT2D eigenvalue weighted by atomic mass is 16.2. The molecule has 0 fully saturated rings. The van der Waals surface area contributed by atoms with Gasteiger partial charge in [0.25, 0.3) is 11.6 Å². The zero-order valence-corrected chi connectivity index (χ0v) is 12.5. The van der Waals surface area contributed by atoms with Gasteiger partial charge in [-0.2, -0.15) is 0 Å². The summed E-state index contributed by atoms with van der Waals surface area (Å²) in [6, 6.07) is 18.7. The van der Waals surface area contributed by atoms with Gasteiger partial charge in [-0.05, 0) is 23.3 Å². The number of carbonyl (C=O) groups excluding carboxylic acids is 3. The molecular weight excluding hydrogens is 304 g/mol. The fourth-order valence-electron chi connectivity index (χ4n) is 2.27. The Labute approximate surface area is 138 Å². The van der Waals surface area contributed by atoms with Gasteiger partial charge in [0.15, 0.2) is 12.1 Å². The standard InChI is InChI=1S/C19H12N2O3/c22-12-17(23)18(24)16-9-10-20-19(21-16)15-8-4-7-14(11-15)13-5-2-1-3-6-13/h1-12H. The summed E-state index contributed by atoms with van der Waals surface area (Å²) in [5.41, 5.74) is 2.65. The summed E-state index contributed by atoms with van der Waals surface area (Å²) in [4.78, 5) is 41.7. The third kappa shape index (κ3) is 3.15. The third-order valence-electron chi connectivity index (χ3n) is 3.45. The van der Waals surface area contributed by atoms with Crippen LogP contribution >= 0.6 is 0 Å². The van der Waals surface area contributed by atoms with Crippen molar-refractivity contribution in [3.8, 4) is 22.5 Å². The second kappa shape index (κ2) is 6.75. The molecule has 0 N–H and O–H groups in total. The number of carbonyl (C=O) groups is 3. The summed E-state index contributed by atoms with van der Waals surface area (Å²) < 4.78 is 0. The maximum Gasteiger partial charge on any atom is 0.267 e. The predicted molar refractivity (Wildman–Crippen MR) is 88.3 cm³/mol. The Hall–Kier alpha value is -3.47. The van der Waals surface area contributed by atoms with Crippen molar-refractivity contribution >= 4 is 17.9 Å². The molecule has 0 aliphatic carbocycles. The first-order valence-electron chi connectivity index (χ1n) is 7.22. The molecular formula is C19H12N2O3. The summed E-state index contributed by atoms with van der Waals surface area (Å²) >= 11 is 0. The molecule has 0 aliphatic heterocycles. The quantitative estimate of drug-likeness (QED) is 0.313. The van der Waals surface area contributed by atoms with Gasteiger partial charge in [-0.15, -0.1) is 0 Å². The van der Waals surface area contributed by atoms with Gasteiger partial charge in [0.2, 0.25) is 0 Å². The number of aromatic nitrogens is 2. The minimum absolute atomic E-state index is 0.0137. The molecule has 2 aromatic carbocycles. The normalized spacial score (nSPS) is 10.2. The van der Waals surface area contributed by atoms with Crippen LogP contribution in [0.1, 0.15) is 10.5 Å². The molecule has 0 saturated heterocycles. The molecule has 24 heavy (non-hydrogen) atoms. The van der Waals surface area contributed by atoms with E-state index in [0.717, 1.165) is 11.1 Å². The molecule has 0 spiro atoms. The van der Waals surface area contributed by atoms with Crippen LogP contribution in [0.3, 0.4) is 0 Å². The number of aldehydes is 1. The largest absolute Gasteiger partial charge is 0.294 e. The van der Waals surface area contributed by atoms with Crippen LogP contribution in [-0.4, -0.2) is 27.8 Å². The number of Topliss-reactive ketones (excluding diaryl/α,β-unsaturated/α-hetero) is 2. The Kier molecular flexibility index (Phi) is 4.34. The average molecular weight is 316 g/mol.